The Balaban J connectivity index is 1.73. The average Bonchev–Trinajstić information content (AvgIpc) is 2.79. The Morgan fingerprint density at radius 1 is 1.50 bits per heavy atom. The lowest BCUT2D eigenvalue weighted by molar-refractivity contribution is -0.0842. The highest BCUT2D eigenvalue weighted by Crippen LogP contribution is 2.36. The number of aliphatic hydroxyl groups is 1. The van der Waals surface area contributed by atoms with Crippen LogP contribution in [0.3, 0.4) is 0 Å². The fourth-order valence-corrected chi connectivity index (χ4v) is 3.72. The van der Waals surface area contributed by atoms with E-state index in [4.69, 9.17) is 9.72 Å². The Morgan fingerprint density at radius 2 is 2.22 bits per heavy atom. The van der Waals surface area contributed by atoms with Crippen molar-refractivity contribution in [2.24, 2.45) is 0 Å². The highest BCUT2D eigenvalue weighted by atomic mass is 32.1. The Morgan fingerprint density at radius 3 is 2.78 bits per heavy atom. The lowest BCUT2D eigenvalue weighted by Crippen LogP contribution is -2.49. The van der Waals surface area contributed by atoms with Gasteiger partial charge < -0.3 is 14.7 Å². The lowest BCUT2D eigenvalue weighted by Gasteiger charge is -2.38. The summed E-state index contributed by atoms with van der Waals surface area (Å²) in [5.74, 6) is 0.600. The van der Waals surface area contributed by atoms with Crippen LogP contribution in [0, 0.1) is 0 Å². The normalized spacial score (nSPS) is 25.0. The molecule has 3 rings (SSSR count). The van der Waals surface area contributed by atoms with Gasteiger partial charge in [-0.3, -0.25) is 0 Å². The zero-order valence-corrected chi connectivity index (χ0v) is 11.6. The summed E-state index contributed by atoms with van der Waals surface area (Å²) < 4.78 is 5.25. The molecule has 2 saturated heterocycles. The van der Waals surface area contributed by atoms with E-state index in [0.717, 1.165) is 18.1 Å². The van der Waals surface area contributed by atoms with Gasteiger partial charge in [-0.2, -0.15) is 0 Å². The van der Waals surface area contributed by atoms with Crippen molar-refractivity contribution in [3.63, 3.8) is 0 Å². The molecular weight excluding hydrogens is 248 g/mol. The standard InChI is InChI=1S/C13H20N2O2S/c1-15-4-2-10(3-5-15)11-6-18-12(14-11)13(7-16)8-17-9-13/h6,10,16H,2-5,7-9H2,1H3. The molecule has 0 spiro atoms. The van der Waals surface area contributed by atoms with E-state index in [1.165, 1.54) is 18.5 Å². The summed E-state index contributed by atoms with van der Waals surface area (Å²) in [5.41, 5.74) is 1.02. The Hall–Kier alpha value is -0.490. The van der Waals surface area contributed by atoms with Gasteiger partial charge in [-0.1, -0.05) is 0 Å². The molecule has 1 aromatic rings. The van der Waals surface area contributed by atoms with Crippen LogP contribution in [0.25, 0.3) is 0 Å². The Kier molecular flexibility index (Phi) is 3.40. The summed E-state index contributed by atoms with van der Waals surface area (Å²) in [6.07, 6.45) is 2.39. The lowest BCUT2D eigenvalue weighted by atomic mass is 9.87. The summed E-state index contributed by atoms with van der Waals surface area (Å²) in [7, 11) is 2.18. The van der Waals surface area contributed by atoms with E-state index in [1.807, 2.05) is 0 Å². The van der Waals surface area contributed by atoms with Gasteiger partial charge in [-0.15, -0.1) is 11.3 Å². The van der Waals surface area contributed by atoms with Crippen molar-refractivity contribution < 1.29 is 9.84 Å². The second kappa shape index (κ2) is 4.89. The Bertz CT molecular complexity index is 403. The van der Waals surface area contributed by atoms with Crippen LogP contribution in [0.2, 0.25) is 0 Å². The Labute approximate surface area is 112 Å². The third-order valence-electron chi connectivity index (χ3n) is 4.17. The van der Waals surface area contributed by atoms with Crippen LogP contribution in [0.5, 0.6) is 0 Å². The molecule has 0 amide bonds. The van der Waals surface area contributed by atoms with Gasteiger partial charge in [0.25, 0.3) is 0 Å². The first-order valence-electron chi connectivity index (χ1n) is 6.56. The zero-order valence-electron chi connectivity index (χ0n) is 10.8. The number of aromatic nitrogens is 1. The number of aliphatic hydroxyl groups excluding tert-OH is 1. The summed E-state index contributed by atoms with van der Waals surface area (Å²) in [6, 6.07) is 0. The molecule has 0 saturated carbocycles. The van der Waals surface area contributed by atoms with Crippen LogP contribution < -0.4 is 0 Å². The number of rotatable bonds is 3. The topological polar surface area (TPSA) is 45.6 Å². The van der Waals surface area contributed by atoms with Crippen molar-refractivity contribution in [1.82, 2.24) is 9.88 Å². The number of nitrogens with zero attached hydrogens (tertiary/aromatic N) is 2. The van der Waals surface area contributed by atoms with Crippen LogP contribution in [0.15, 0.2) is 5.38 Å². The second-order valence-electron chi connectivity index (χ2n) is 5.59. The van der Waals surface area contributed by atoms with Gasteiger partial charge in [0.05, 0.1) is 30.9 Å². The predicted molar refractivity (Wildman–Crippen MR) is 71.2 cm³/mol. The predicted octanol–water partition coefficient (Wildman–Crippen LogP) is 1.21. The van der Waals surface area contributed by atoms with Crippen molar-refractivity contribution in [1.29, 1.82) is 0 Å². The fraction of sp³-hybridized carbons (Fsp3) is 0.769. The molecule has 0 aliphatic carbocycles. The number of hydrogen-bond acceptors (Lipinski definition) is 5. The molecule has 2 aliphatic rings. The maximum Gasteiger partial charge on any atom is 0.106 e. The van der Waals surface area contributed by atoms with Gasteiger partial charge in [0.2, 0.25) is 0 Å². The third-order valence-corrected chi connectivity index (χ3v) is 5.28. The number of piperidine rings is 1. The van der Waals surface area contributed by atoms with Gasteiger partial charge in [0.1, 0.15) is 5.01 Å². The minimum Gasteiger partial charge on any atom is -0.395 e. The molecule has 3 heterocycles. The van der Waals surface area contributed by atoms with E-state index in [9.17, 15) is 5.11 Å². The van der Waals surface area contributed by atoms with Crippen LogP contribution in [0.4, 0.5) is 0 Å². The van der Waals surface area contributed by atoms with Crippen LogP contribution >= 0.6 is 11.3 Å². The van der Waals surface area contributed by atoms with Crippen LogP contribution in [0.1, 0.15) is 29.5 Å². The first-order valence-corrected chi connectivity index (χ1v) is 7.44. The maximum absolute atomic E-state index is 9.52. The van der Waals surface area contributed by atoms with E-state index in [2.05, 4.69) is 17.3 Å². The SMILES string of the molecule is CN1CCC(c2csc(C3(CO)COC3)n2)CC1. The van der Waals surface area contributed by atoms with Crippen molar-refractivity contribution in [2.45, 2.75) is 24.2 Å². The van der Waals surface area contributed by atoms with Gasteiger partial charge in [-0.05, 0) is 33.0 Å². The molecule has 0 bridgehead atoms. The molecular formula is C13H20N2O2S. The summed E-state index contributed by atoms with van der Waals surface area (Å²) in [6.45, 7) is 3.69. The smallest absolute Gasteiger partial charge is 0.106 e. The highest BCUT2D eigenvalue weighted by molar-refractivity contribution is 7.09. The first kappa shape index (κ1) is 12.5. The van der Waals surface area contributed by atoms with Crippen LogP contribution in [-0.2, 0) is 10.2 Å². The summed E-state index contributed by atoms with van der Waals surface area (Å²) in [4.78, 5) is 7.16. The van der Waals surface area contributed by atoms with E-state index >= 15 is 0 Å². The highest BCUT2D eigenvalue weighted by Gasteiger charge is 2.42. The molecule has 0 aromatic carbocycles. The molecule has 0 radical (unpaired) electrons. The third kappa shape index (κ3) is 2.09. The van der Waals surface area contributed by atoms with E-state index < -0.39 is 0 Å². The molecule has 2 aliphatic heterocycles. The molecule has 5 heteroatoms. The minimum atomic E-state index is -0.200. The van der Waals surface area contributed by atoms with Gasteiger partial charge in [0.15, 0.2) is 0 Å². The van der Waals surface area contributed by atoms with Gasteiger partial charge in [-0.25, -0.2) is 4.98 Å². The molecule has 4 nitrogen and oxygen atoms in total. The van der Waals surface area contributed by atoms with Crippen molar-refractivity contribution in [3.05, 3.63) is 16.1 Å². The summed E-state index contributed by atoms with van der Waals surface area (Å²) >= 11 is 1.69. The molecule has 100 valence electrons. The number of thiazole rings is 1. The number of ether oxygens (including phenoxy) is 1. The molecule has 1 N–H and O–H groups in total. The quantitative estimate of drug-likeness (QED) is 0.895. The minimum absolute atomic E-state index is 0.146. The van der Waals surface area contributed by atoms with Crippen molar-refractivity contribution in [3.8, 4) is 0 Å². The fourth-order valence-electron chi connectivity index (χ4n) is 2.65. The van der Waals surface area contributed by atoms with Crippen molar-refractivity contribution in [2.75, 3.05) is 40.0 Å². The molecule has 1 aromatic heterocycles. The molecule has 0 atom stereocenters. The monoisotopic (exact) mass is 268 g/mol. The average molecular weight is 268 g/mol. The van der Waals surface area contributed by atoms with Gasteiger partial charge >= 0.3 is 0 Å². The molecule has 2 fully saturated rings. The summed E-state index contributed by atoms with van der Waals surface area (Å²) in [5, 5.41) is 12.8. The number of hydrogen-bond donors (Lipinski definition) is 1. The van der Waals surface area contributed by atoms with E-state index in [0.29, 0.717) is 19.1 Å². The second-order valence-corrected chi connectivity index (χ2v) is 6.44. The number of likely N-dealkylation sites (tertiary alicyclic amines) is 1. The molecule has 18 heavy (non-hydrogen) atoms. The van der Waals surface area contributed by atoms with Gasteiger partial charge in [0, 0.05) is 11.3 Å². The zero-order chi connectivity index (χ0) is 12.6. The van der Waals surface area contributed by atoms with E-state index in [1.54, 1.807) is 11.3 Å². The van der Waals surface area contributed by atoms with Crippen LogP contribution in [-0.4, -0.2) is 54.9 Å². The largest absolute Gasteiger partial charge is 0.395 e. The maximum atomic E-state index is 9.52. The first-order chi connectivity index (χ1) is 8.73. The van der Waals surface area contributed by atoms with E-state index in [-0.39, 0.29) is 12.0 Å². The van der Waals surface area contributed by atoms with Crippen molar-refractivity contribution >= 4 is 11.3 Å². The molecule has 0 unspecified atom stereocenters.